The van der Waals surface area contributed by atoms with Crippen LogP contribution in [0.3, 0.4) is 0 Å². The van der Waals surface area contributed by atoms with Crippen LogP contribution in [0.5, 0.6) is 0 Å². The van der Waals surface area contributed by atoms with Crippen LogP contribution >= 0.6 is 0 Å². The predicted octanol–water partition coefficient (Wildman–Crippen LogP) is 26.8. The second-order valence-electron chi connectivity index (χ2n) is 29.1. The van der Waals surface area contributed by atoms with Gasteiger partial charge in [0.1, 0.15) is 0 Å². The molecule has 498 valence electrons. The van der Waals surface area contributed by atoms with Crippen LogP contribution in [0.1, 0.15) is 0 Å². The summed E-state index contributed by atoms with van der Waals surface area (Å²) in [6.45, 7) is 0. The van der Waals surface area contributed by atoms with E-state index in [0.29, 0.717) is 0 Å². The van der Waals surface area contributed by atoms with Gasteiger partial charge in [-0.3, -0.25) is 0 Å². The molecule has 6 heterocycles. The van der Waals surface area contributed by atoms with E-state index in [0.717, 1.165) is 84.0 Å². The second-order valence-corrected chi connectivity index (χ2v) is 29.1. The summed E-state index contributed by atoms with van der Waals surface area (Å²) in [4.78, 5) is 10.8. The van der Waals surface area contributed by atoms with Crippen LogP contribution in [0.4, 0.5) is 0 Å². The third kappa shape index (κ3) is 8.53. The summed E-state index contributed by atoms with van der Waals surface area (Å²) in [5.41, 5.74) is 37.0. The molecule has 0 N–H and O–H groups in total. The highest BCUT2D eigenvalue weighted by atomic mass is 15.0. The van der Waals surface area contributed by atoms with Crippen LogP contribution in [0.25, 0.3) is 232 Å². The Morgan fingerprint density at radius 3 is 1.02 bits per heavy atom. The normalized spacial score (nSPS) is 12.3. The summed E-state index contributed by atoms with van der Waals surface area (Å²) < 4.78 is 9.67. The first kappa shape index (κ1) is 59.0. The minimum absolute atomic E-state index is 0.949. The number of hydrogen-bond acceptors (Lipinski definition) is 2. The summed E-state index contributed by atoms with van der Waals surface area (Å²) >= 11 is 0. The molecular weight excluding hydrogens is 1310 g/mol. The minimum atomic E-state index is 0.949. The molecule has 2 aliphatic rings. The Bertz CT molecular complexity index is 7640. The zero-order valence-corrected chi connectivity index (χ0v) is 58.3. The standard InChI is InChI=1S/C102H60N6/c1-3-18-68(19-4-1)105-96-52-43-64(66-41-50-79-76-25-10-13-34-93(76)108(99(79)58-66)71-47-38-61(39-48-71)90-59-86-74-23-8-7-22-73(74)80-29-16-31-88(103-90)101(80)86)55-84(96)85-56-67(44-53-97(85)105)72-27-15-28-81-87-60-91(104-89-32-17-30-82(100(72)81)102(87)89)62-36-45-70(46-37-62)106-94-35-14-11-26-77(94)83-54-63(42-51-95(83)106)65-40-49-78-75-24-9-12-33-92(75)107(98(78)57-65)69-20-5-2-6-21-69/h1-60H. The topological polar surface area (TPSA) is 45.5 Å². The molecule has 24 rings (SSSR count). The van der Waals surface area contributed by atoms with Crippen molar-refractivity contribution in [2.45, 2.75) is 0 Å². The molecule has 6 nitrogen and oxygen atoms in total. The van der Waals surface area contributed by atoms with Crippen LogP contribution in [0, 0.1) is 0 Å². The monoisotopic (exact) mass is 1370 g/mol. The molecule has 0 radical (unpaired) electrons. The molecule has 0 unspecified atom stereocenters. The third-order valence-electron chi connectivity index (χ3n) is 23.4. The lowest BCUT2D eigenvalue weighted by Gasteiger charge is -2.12. The van der Waals surface area contributed by atoms with Gasteiger partial charge in [-0.1, -0.05) is 224 Å². The van der Waals surface area contributed by atoms with Crippen molar-refractivity contribution in [3.63, 3.8) is 0 Å². The molecule has 2 aliphatic carbocycles. The van der Waals surface area contributed by atoms with Gasteiger partial charge in [-0.05, 0) is 217 Å². The lowest BCUT2D eigenvalue weighted by Crippen LogP contribution is -1.95. The van der Waals surface area contributed by atoms with Gasteiger partial charge in [0.2, 0.25) is 0 Å². The maximum absolute atomic E-state index is 5.48. The predicted molar refractivity (Wildman–Crippen MR) is 450 cm³/mol. The fourth-order valence-corrected chi connectivity index (χ4v) is 18.6. The second kappa shape index (κ2) is 22.5. The van der Waals surface area contributed by atoms with Gasteiger partial charge in [0.25, 0.3) is 0 Å². The van der Waals surface area contributed by atoms with E-state index in [1.54, 1.807) is 0 Å². The van der Waals surface area contributed by atoms with Crippen molar-refractivity contribution in [2.75, 3.05) is 0 Å². The van der Waals surface area contributed by atoms with Crippen LogP contribution in [-0.4, -0.2) is 28.2 Å². The summed E-state index contributed by atoms with van der Waals surface area (Å²) in [6, 6.07) is 134. The molecule has 0 spiro atoms. The van der Waals surface area contributed by atoms with E-state index in [-0.39, 0.29) is 0 Å². The maximum atomic E-state index is 5.48. The third-order valence-corrected chi connectivity index (χ3v) is 23.4. The Kier molecular flexibility index (Phi) is 12.3. The number of rotatable bonds is 9. The van der Waals surface area contributed by atoms with E-state index >= 15 is 0 Å². The van der Waals surface area contributed by atoms with Crippen molar-refractivity contribution in [3.8, 4) is 123 Å². The highest BCUT2D eigenvalue weighted by Crippen LogP contribution is 2.53. The minimum Gasteiger partial charge on any atom is -0.309 e. The Labute approximate surface area is 620 Å². The largest absolute Gasteiger partial charge is 0.309 e. The smallest absolute Gasteiger partial charge is 0.0722 e. The molecule has 16 aromatic carbocycles. The van der Waals surface area contributed by atoms with Crippen LogP contribution in [0.2, 0.25) is 0 Å². The lowest BCUT2D eigenvalue weighted by molar-refractivity contribution is 1.18. The number of benzene rings is 16. The molecule has 0 saturated carbocycles. The number of para-hydroxylation sites is 5. The van der Waals surface area contributed by atoms with Crippen molar-refractivity contribution in [1.29, 1.82) is 0 Å². The molecule has 0 atom stereocenters. The van der Waals surface area contributed by atoms with Gasteiger partial charge in [0, 0.05) is 87.7 Å². The highest BCUT2D eigenvalue weighted by molar-refractivity contribution is 6.21. The fourth-order valence-electron chi connectivity index (χ4n) is 18.6. The lowest BCUT2D eigenvalue weighted by atomic mass is 9.92. The summed E-state index contributed by atoms with van der Waals surface area (Å²) in [5.74, 6) is 0. The molecule has 22 aromatic rings. The van der Waals surface area contributed by atoms with Gasteiger partial charge in [-0.25, -0.2) is 9.97 Å². The summed E-state index contributed by atoms with van der Waals surface area (Å²) in [5, 5.41) is 12.2. The van der Waals surface area contributed by atoms with Crippen molar-refractivity contribution in [2.24, 2.45) is 0 Å². The van der Waals surface area contributed by atoms with Crippen LogP contribution < -0.4 is 0 Å². The quantitative estimate of drug-likeness (QED) is 0.145. The first-order chi connectivity index (χ1) is 53.5. The average Bonchev–Trinajstić information content (AvgIpc) is 1.62. The Morgan fingerprint density at radius 1 is 0.167 bits per heavy atom. The number of fused-ring (bicyclic) bond motifs is 18. The molecule has 0 fully saturated rings. The van der Waals surface area contributed by atoms with Crippen molar-refractivity contribution < 1.29 is 0 Å². The molecule has 108 heavy (non-hydrogen) atoms. The molecule has 0 bridgehead atoms. The highest BCUT2D eigenvalue weighted by Gasteiger charge is 2.29. The van der Waals surface area contributed by atoms with E-state index < -0.39 is 0 Å². The molecule has 6 heteroatoms. The van der Waals surface area contributed by atoms with E-state index in [1.165, 1.54) is 148 Å². The van der Waals surface area contributed by atoms with Crippen molar-refractivity contribution >= 4 is 109 Å². The first-order valence-electron chi connectivity index (χ1n) is 37.2. The zero-order valence-electron chi connectivity index (χ0n) is 58.3. The van der Waals surface area contributed by atoms with E-state index in [1.807, 2.05) is 0 Å². The first-order valence-corrected chi connectivity index (χ1v) is 37.2. The van der Waals surface area contributed by atoms with Crippen LogP contribution in [-0.2, 0) is 0 Å². The summed E-state index contributed by atoms with van der Waals surface area (Å²) in [7, 11) is 0. The average molecular weight is 1370 g/mol. The molecule has 0 aliphatic heterocycles. The van der Waals surface area contributed by atoms with Crippen molar-refractivity contribution in [1.82, 2.24) is 28.2 Å². The van der Waals surface area contributed by atoms with E-state index in [2.05, 4.69) is 382 Å². The number of aromatic nitrogens is 6. The molecule has 0 amide bonds. The van der Waals surface area contributed by atoms with Gasteiger partial charge < -0.3 is 18.3 Å². The van der Waals surface area contributed by atoms with Gasteiger partial charge in [-0.2, -0.15) is 0 Å². The van der Waals surface area contributed by atoms with Gasteiger partial charge >= 0.3 is 0 Å². The van der Waals surface area contributed by atoms with E-state index in [9.17, 15) is 0 Å². The molecule has 0 saturated heterocycles. The maximum Gasteiger partial charge on any atom is 0.0722 e. The number of hydrogen-bond donors (Lipinski definition) is 0. The summed E-state index contributed by atoms with van der Waals surface area (Å²) in [6.07, 6.45) is 0. The van der Waals surface area contributed by atoms with Crippen molar-refractivity contribution in [3.05, 3.63) is 364 Å². The van der Waals surface area contributed by atoms with Gasteiger partial charge in [0.05, 0.1) is 66.6 Å². The SMILES string of the molecule is c1ccc(-n2c3ccc(-c4ccc5c6ccccc6n(-c6ccc(-c7cc8c9c(cccc9n7)-c7ccccc7-8)cc6)c5c4)cc3c3cc(-c4cccc5c4-c4cccc6nc(-c7ccc(-n8c9ccccc9c9cc(-c%10ccc%11c%12ccccc%12n(-c%12ccccc%12)c%11c%10)ccc98)cc7)cc-5c46)ccc32)cc1. The zero-order chi connectivity index (χ0) is 70.4. The fraction of sp³-hybridized carbons (Fsp3) is 0. The Balaban J connectivity index is 0.579. The van der Waals surface area contributed by atoms with Gasteiger partial charge in [0.15, 0.2) is 0 Å². The molecule has 6 aromatic heterocycles. The van der Waals surface area contributed by atoms with Gasteiger partial charge in [-0.15, -0.1) is 0 Å². The Hall–Kier alpha value is -14.5. The number of nitrogens with zero attached hydrogens (tertiary/aromatic N) is 6. The molecular formula is C102H60N6. The van der Waals surface area contributed by atoms with E-state index in [4.69, 9.17) is 9.97 Å². The van der Waals surface area contributed by atoms with Crippen LogP contribution in [0.15, 0.2) is 364 Å². The number of pyridine rings is 2. The Morgan fingerprint density at radius 2 is 0.491 bits per heavy atom.